The molecular weight excluding hydrogens is 300 g/mol. The zero-order valence-electron chi connectivity index (χ0n) is 13.8. The molecule has 0 atom stereocenters. The first-order chi connectivity index (χ1) is 10.8. The maximum absolute atomic E-state index is 11.5. The van der Waals surface area contributed by atoms with Gasteiger partial charge in [-0.1, -0.05) is 6.07 Å². The molecule has 0 aliphatic carbocycles. The molecule has 2 amide bonds. The molecule has 0 radical (unpaired) electrons. The Balaban J connectivity index is 2.28. The SMILES string of the molecule is Cc1cc(C)cc(OCC(=O)OCC(=O)NCC(=O)N(C)C)c1. The Morgan fingerprint density at radius 2 is 1.65 bits per heavy atom. The van der Waals surface area contributed by atoms with E-state index in [1.165, 1.54) is 4.90 Å². The van der Waals surface area contributed by atoms with Crippen molar-refractivity contribution < 1.29 is 23.9 Å². The normalized spacial score (nSPS) is 9.91. The standard InChI is InChI=1S/C16H22N2O5/c1-11-5-12(2)7-13(6-11)22-10-16(21)23-9-14(19)17-8-15(20)18(3)4/h5-7H,8-10H2,1-4H3,(H,17,19). The van der Waals surface area contributed by atoms with Crippen molar-refractivity contribution in [2.45, 2.75) is 13.8 Å². The van der Waals surface area contributed by atoms with Crippen LogP contribution < -0.4 is 10.1 Å². The topological polar surface area (TPSA) is 84.9 Å². The summed E-state index contributed by atoms with van der Waals surface area (Å²) in [6.45, 7) is 2.99. The molecule has 7 heteroatoms. The third kappa shape index (κ3) is 7.30. The zero-order valence-corrected chi connectivity index (χ0v) is 13.8. The molecule has 0 heterocycles. The molecule has 0 fully saturated rings. The van der Waals surface area contributed by atoms with Gasteiger partial charge in [0.05, 0.1) is 6.54 Å². The van der Waals surface area contributed by atoms with Crippen molar-refractivity contribution in [2.75, 3.05) is 33.9 Å². The van der Waals surface area contributed by atoms with E-state index in [-0.39, 0.29) is 19.1 Å². The maximum Gasteiger partial charge on any atom is 0.344 e. The Morgan fingerprint density at radius 3 is 2.22 bits per heavy atom. The van der Waals surface area contributed by atoms with E-state index in [1.54, 1.807) is 26.2 Å². The van der Waals surface area contributed by atoms with E-state index < -0.39 is 18.5 Å². The third-order valence-electron chi connectivity index (χ3n) is 2.85. The fourth-order valence-electron chi connectivity index (χ4n) is 1.73. The fraction of sp³-hybridized carbons (Fsp3) is 0.438. The van der Waals surface area contributed by atoms with Crippen LogP contribution in [0.1, 0.15) is 11.1 Å². The molecule has 1 rings (SSSR count). The number of carbonyl (C=O) groups is 3. The molecule has 126 valence electrons. The van der Waals surface area contributed by atoms with Gasteiger partial charge < -0.3 is 19.7 Å². The average Bonchev–Trinajstić information content (AvgIpc) is 2.47. The van der Waals surface area contributed by atoms with E-state index in [0.29, 0.717) is 5.75 Å². The quantitative estimate of drug-likeness (QED) is 0.736. The number of likely N-dealkylation sites (N-methyl/N-ethyl adjacent to an activating group) is 1. The van der Waals surface area contributed by atoms with Crippen LogP contribution in [0.25, 0.3) is 0 Å². The van der Waals surface area contributed by atoms with Gasteiger partial charge in [-0.05, 0) is 37.1 Å². The van der Waals surface area contributed by atoms with E-state index >= 15 is 0 Å². The number of ether oxygens (including phenoxy) is 2. The number of rotatable bonds is 7. The first-order valence-electron chi connectivity index (χ1n) is 7.11. The lowest BCUT2D eigenvalue weighted by Gasteiger charge is -2.11. The summed E-state index contributed by atoms with van der Waals surface area (Å²) < 4.78 is 10.1. The number of benzene rings is 1. The van der Waals surface area contributed by atoms with E-state index in [1.807, 2.05) is 19.9 Å². The molecular formula is C16H22N2O5. The van der Waals surface area contributed by atoms with Crippen molar-refractivity contribution >= 4 is 17.8 Å². The highest BCUT2D eigenvalue weighted by molar-refractivity contribution is 5.86. The molecule has 0 spiro atoms. The predicted molar refractivity (Wildman–Crippen MR) is 84.1 cm³/mol. The highest BCUT2D eigenvalue weighted by Crippen LogP contribution is 2.15. The first-order valence-corrected chi connectivity index (χ1v) is 7.11. The maximum atomic E-state index is 11.5. The van der Waals surface area contributed by atoms with Gasteiger partial charge in [0.2, 0.25) is 5.91 Å². The molecule has 0 unspecified atom stereocenters. The summed E-state index contributed by atoms with van der Waals surface area (Å²) in [5, 5.41) is 2.36. The molecule has 0 saturated heterocycles. The Kier molecular flexibility index (Phi) is 7.05. The van der Waals surface area contributed by atoms with Gasteiger partial charge >= 0.3 is 5.97 Å². The van der Waals surface area contributed by atoms with Crippen LogP contribution in [0.4, 0.5) is 0 Å². The van der Waals surface area contributed by atoms with E-state index in [2.05, 4.69) is 5.32 Å². The summed E-state index contributed by atoms with van der Waals surface area (Å²) in [6.07, 6.45) is 0. The highest BCUT2D eigenvalue weighted by atomic mass is 16.6. The van der Waals surface area contributed by atoms with Crippen molar-refractivity contribution in [3.05, 3.63) is 29.3 Å². The average molecular weight is 322 g/mol. The van der Waals surface area contributed by atoms with Crippen molar-refractivity contribution in [2.24, 2.45) is 0 Å². The minimum Gasteiger partial charge on any atom is -0.482 e. The molecule has 0 aliphatic heterocycles. The number of nitrogens with one attached hydrogen (secondary N) is 1. The van der Waals surface area contributed by atoms with Crippen molar-refractivity contribution in [1.82, 2.24) is 10.2 Å². The Labute approximate surface area is 135 Å². The van der Waals surface area contributed by atoms with E-state index in [4.69, 9.17) is 9.47 Å². The smallest absolute Gasteiger partial charge is 0.344 e. The van der Waals surface area contributed by atoms with Gasteiger partial charge in [-0.15, -0.1) is 0 Å². The molecule has 7 nitrogen and oxygen atoms in total. The largest absolute Gasteiger partial charge is 0.482 e. The number of hydrogen-bond donors (Lipinski definition) is 1. The lowest BCUT2D eigenvalue weighted by Crippen LogP contribution is -2.38. The molecule has 0 bridgehead atoms. The van der Waals surface area contributed by atoms with Gasteiger partial charge in [-0.3, -0.25) is 9.59 Å². The van der Waals surface area contributed by atoms with Gasteiger partial charge in [0.25, 0.3) is 5.91 Å². The zero-order chi connectivity index (χ0) is 17.4. The summed E-state index contributed by atoms with van der Waals surface area (Å²) in [5.41, 5.74) is 2.05. The van der Waals surface area contributed by atoms with Gasteiger partial charge in [0.15, 0.2) is 13.2 Å². The summed E-state index contributed by atoms with van der Waals surface area (Å²) in [4.78, 5) is 35.6. The van der Waals surface area contributed by atoms with Gasteiger partial charge in [-0.25, -0.2) is 4.79 Å². The second-order valence-corrected chi connectivity index (χ2v) is 5.34. The number of aryl methyl sites for hydroxylation is 2. The van der Waals surface area contributed by atoms with Crippen LogP contribution >= 0.6 is 0 Å². The summed E-state index contributed by atoms with van der Waals surface area (Å²) >= 11 is 0. The summed E-state index contributed by atoms with van der Waals surface area (Å²) in [5.74, 6) is -0.874. The predicted octanol–water partition coefficient (Wildman–Crippen LogP) is 0.430. The number of carbonyl (C=O) groups excluding carboxylic acids is 3. The van der Waals surface area contributed by atoms with E-state index in [0.717, 1.165) is 11.1 Å². The lowest BCUT2D eigenvalue weighted by molar-refractivity contribution is -0.150. The van der Waals surface area contributed by atoms with Gasteiger partial charge in [-0.2, -0.15) is 0 Å². The highest BCUT2D eigenvalue weighted by Gasteiger charge is 2.10. The molecule has 1 N–H and O–H groups in total. The van der Waals surface area contributed by atoms with Crippen LogP contribution in [0.3, 0.4) is 0 Å². The fourth-order valence-corrected chi connectivity index (χ4v) is 1.73. The van der Waals surface area contributed by atoms with E-state index in [9.17, 15) is 14.4 Å². The monoisotopic (exact) mass is 322 g/mol. The minimum atomic E-state index is -0.654. The van der Waals surface area contributed by atoms with Crippen LogP contribution in [0.5, 0.6) is 5.75 Å². The first kappa shape index (κ1) is 18.5. The Hall–Kier alpha value is -2.57. The summed E-state index contributed by atoms with van der Waals surface area (Å²) in [7, 11) is 3.16. The van der Waals surface area contributed by atoms with Crippen LogP contribution in [0, 0.1) is 13.8 Å². The molecule has 0 aliphatic rings. The number of hydrogen-bond acceptors (Lipinski definition) is 5. The molecule has 0 saturated carbocycles. The van der Waals surface area contributed by atoms with Crippen molar-refractivity contribution in [3.63, 3.8) is 0 Å². The van der Waals surface area contributed by atoms with Crippen molar-refractivity contribution in [1.29, 1.82) is 0 Å². The minimum absolute atomic E-state index is 0.136. The summed E-state index contributed by atoms with van der Waals surface area (Å²) in [6, 6.07) is 5.60. The number of amides is 2. The Bertz CT molecular complexity index is 564. The molecule has 23 heavy (non-hydrogen) atoms. The second kappa shape index (κ2) is 8.77. The van der Waals surface area contributed by atoms with Crippen LogP contribution in [0.15, 0.2) is 18.2 Å². The van der Waals surface area contributed by atoms with Crippen molar-refractivity contribution in [3.8, 4) is 5.75 Å². The molecule has 0 aromatic heterocycles. The third-order valence-corrected chi connectivity index (χ3v) is 2.85. The van der Waals surface area contributed by atoms with Crippen LogP contribution in [0.2, 0.25) is 0 Å². The van der Waals surface area contributed by atoms with Crippen LogP contribution in [-0.4, -0.2) is 56.5 Å². The number of nitrogens with zero attached hydrogens (tertiary/aromatic N) is 1. The van der Waals surface area contributed by atoms with Gasteiger partial charge in [0, 0.05) is 14.1 Å². The lowest BCUT2D eigenvalue weighted by atomic mass is 10.1. The number of esters is 1. The van der Waals surface area contributed by atoms with Crippen LogP contribution in [-0.2, 0) is 19.1 Å². The molecule has 1 aromatic rings. The second-order valence-electron chi connectivity index (χ2n) is 5.34. The van der Waals surface area contributed by atoms with Gasteiger partial charge in [0.1, 0.15) is 5.75 Å². The Morgan fingerprint density at radius 1 is 1.04 bits per heavy atom. The molecule has 1 aromatic carbocycles.